The molecular weight excluding hydrogens is 486 g/mol. The van der Waals surface area contributed by atoms with Crippen LogP contribution >= 0.6 is 0 Å². The summed E-state index contributed by atoms with van der Waals surface area (Å²) in [7, 11) is 6.71. The normalized spacial score (nSPS) is 17.2. The smallest absolute Gasteiger partial charge is 0.312 e. The van der Waals surface area contributed by atoms with Gasteiger partial charge in [-0.25, -0.2) is 0 Å². The van der Waals surface area contributed by atoms with Crippen LogP contribution < -0.4 is 23.7 Å². The van der Waals surface area contributed by atoms with Gasteiger partial charge in [-0.05, 0) is 42.5 Å². The fourth-order valence-electron chi connectivity index (χ4n) is 5.26. The molecule has 4 aromatic rings. The summed E-state index contributed by atoms with van der Waals surface area (Å²) in [5.74, 6) is 1.83. The lowest BCUT2D eigenvalue weighted by molar-refractivity contribution is -0.135. The molecule has 3 heterocycles. The highest BCUT2D eigenvalue weighted by atomic mass is 16.5. The van der Waals surface area contributed by atoms with Gasteiger partial charge in [-0.3, -0.25) is 9.59 Å². The van der Waals surface area contributed by atoms with E-state index in [1.54, 1.807) is 45.6 Å². The summed E-state index contributed by atoms with van der Waals surface area (Å²) in [5.41, 5.74) is 3.65. The molecule has 1 aromatic heterocycles. The lowest BCUT2D eigenvalue weighted by Gasteiger charge is -2.27. The van der Waals surface area contributed by atoms with Crippen molar-refractivity contribution in [2.75, 3.05) is 21.3 Å². The zero-order chi connectivity index (χ0) is 26.6. The molecule has 0 bridgehead atoms. The number of hydrogen-bond acceptors (Lipinski definition) is 7. The highest BCUT2D eigenvalue weighted by Gasteiger charge is 2.39. The van der Waals surface area contributed by atoms with Crippen LogP contribution in [0.25, 0.3) is 17.0 Å². The van der Waals surface area contributed by atoms with E-state index in [1.165, 1.54) is 0 Å². The number of hydrogen-bond donors (Lipinski definition) is 0. The summed E-state index contributed by atoms with van der Waals surface area (Å²) in [6.07, 6.45) is 3.76. The predicted molar refractivity (Wildman–Crippen MR) is 140 cm³/mol. The van der Waals surface area contributed by atoms with Crippen molar-refractivity contribution in [3.63, 3.8) is 0 Å². The van der Waals surface area contributed by atoms with Crippen molar-refractivity contribution in [3.05, 3.63) is 82.7 Å². The average Bonchev–Trinajstić information content (AvgIpc) is 3.42. The number of carbonyl (C=O) groups excluding carboxylic acids is 2. The number of aryl methyl sites for hydroxylation is 1. The van der Waals surface area contributed by atoms with E-state index < -0.39 is 5.92 Å². The van der Waals surface area contributed by atoms with Gasteiger partial charge in [-0.15, -0.1) is 0 Å². The van der Waals surface area contributed by atoms with Crippen molar-refractivity contribution in [2.45, 2.75) is 12.3 Å². The van der Waals surface area contributed by atoms with Crippen molar-refractivity contribution >= 4 is 28.7 Å². The molecule has 0 fully saturated rings. The number of methoxy groups -OCH3 is 3. The molecule has 0 amide bonds. The molecule has 38 heavy (non-hydrogen) atoms. The van der Waals surface area contributed by atoms with Crippen LogP contribution in [-0.2, 0) is 11.8 Å². The Balaban J connectivity index is 1.47. The van der Waals surface area contributed by atoms with E-state index in [-0.39, 0.29) is 23.9 Å². The van der Waals surface area contributed by atoms with E-state index in [1.807, 2.05) is 48.1 Å². The molecule has 0 spiro atoms. The SMILES string of the molecule is COc1ccc(C2CC(=O)Oc3ccc4c(c32)O/C(=C\c2cn(C)c3ccc(OC)cc23)C4=O)c(OC)c1. The van der Waals surface area contributed by atoms with Crippen LogP contribution in [0.1, 0.15) is 39.4 Å². The summed E-state index contributed by atoms with van der Waals surface area (Å²) in [6.45, 7) is 0. The zero-order valence-corrected chi connectivity index (χ0v) is 21.4. The Morgan fingerprint density at radius 2 is 1.68 bits per heavy atom. The number of carbonyl (C=O) groups is 2. The van der Waals surface area contributed by atoms with Gasteiger partial charge in [0.05, 0.1) is 33.3 Å². The summed E-state index contributed by atoms with van der Waals surface area (Å²) in [5, 5.41) is 0.934. The number of benzene rings is 3. The van der Waals surface area contributed by atoms with Gasteiger partial charge >= 0.3 is 5.97 Å². The third-order valence-corrected chi connectivity index (χ3v) is 7.11. The molecule has 0 N–H and O–H groups in total. The van der Waals surface area contributed by atoms with Crippen LogP contribution in [-0.4, -0.2) is 37.6 Å². The highest BCUT2D eigenvalue weighted by Crippen LogP contribution is 2.51. The maximum Gasteiger partial charge on any atom is 0.312 e. The van der Waals surface area contributed by atoms with E-state index in [4.69, 9.17) is 23.7 Å². The quantitative estimate of drug-likeness (QED) is 0.205. The molecular formula is C30H25NO7. The topological polar surface area (TPSA) is 85.2 Å². The third kappa shape index (κ3) is 3.68. The molecule has 6 rings (SSSR count). The lowest BCUT2D eigenvalue weighted by atomic mass is 9.84. The third-order valence-electron chi connectivity index (χ3n) is 7.11. The fraction of sp³-hybridized carbons (Fsp3) is 0.200. The van der Waals surface area contributed by atoms with Gasteiger partial charge in [0.2, 0.25) is 5.78 Å². The van der Waals surface area contributed by atoms with E-state index in [9.17, 15) is 9.59 Å². The molecule has 2 aliphatic heterocycles. The minimum Gasteiger partial charge on any atom is -0.497 e. The first-order valence-corrected chi connectivity index (χ1v) is 12.1. The van der Waals surface area contributed by atoms with Crippen LogP contribution in [0.3, 0.4) is 0 Å². The number of allylic oxidation sites excluding steroid dienone is 1. The second kappa shape index (κ2) is 8.99. The summed E-state index contributed by atoms with van der Waals surface area (Å²) in [6, 6.07) is 14.5. The van der Waals surface area contributed by atoms with Crippen molar-refractivity contribution in [2.24, 2.45) is 7.05 Å². The molecule has 8 nitrogen and oxygen atoms in total. The van der Waals surface area contributed by atoms with Crippen molar-refractivity contribution in [3.8, 4) is 28.7 Å². The first-order valence-electron chi connectivity index (χ1n) is 12.1. The minimum absolute atomic E-state index is 0.0753. The second-order valence-electron chi connectivity index (χ2n) is 9.21. The Morgan fingerprint density at radius 3 is 2.45 bits per heavy atom. The second-order valence-corrected chi connectivity index (χ2v) is 9.21. The summed E-state index contributed by atoms with van der Waals surface area (Å²) >= 11 is 0. The van der Waals surface area contributed by atoms with Gasteiger partial charge in [0.25, 0.3) is 0 Å². The van der Waals surface area contributed by atoms with Crippen molar-refractivity contribution in [1.29, 1.82) is 0 Å². The molecule has 2 aliphatic rings. The molecule has 0 aliphatic carbocycles. The number of rotatable bonds is 5. The van der Waals surface area contributed by atoms with Gasteiger partial charge in [-0.1, -0.05) is 6.07 Å². The molecule has 192 valence electrons. The van der Waals surface area contributed by atoms with Gasteiger partial charge in [0.1, 0.15) is 28.7 Å². The Morgan fingerprint density at radius 1 is 0.921 bits per heavy atom. The van der Waals surface area contributed by atoms with Gasteiger partial charge < -0.3 is 28.3 Å². The number of ether oxygens (including phenoxy) is 5. The van der Waals surface area contributed by atoms with Crippen molar-refractivity contribution in [1.82, 2.24) is 4.57 Å². The minimum atomic E-state index is -0.434. The molecule has 1 atom stereocenters. The average molecular weight is 512 g/mol. The summed E-state index contributed by atoms with van der Waals surface area (Å²) < 4.78 is 30.2. The van der Waals surface area contributed by atoms with Crippen LogP contribution in [0.15, 0.2) is 60.5 Å². The van der Waals surface area contributed by atoms with E-state index in [2.05, 4.69) is 0 Å². The number of esters is 1. The number of nitrogens with zero attached hydrogens (tertiary/aromatic N) is 1. The van der Waals surface area contributed by atoms with E-state index in [0.29, 0.717) is 34.1 Å². The molecule has 0 radical (unpaired) electrons. The molecule has 3 aromatic carbocycles. The maximum atomic E-state index is 13.5. The monoisotopic (exact) mass is 511 g/mol. The van der Waals surface area contributed by atoms with Crippen LogP contribution in [0.2, 0.25) is 0 Å². The van der Waals surface area contributed by atoms with Crippen LogP contribution in [0, 0.1) is 0 Å². The van der Waals surface area contributed by atoms with Crippen molar-refractivity contribution < 1.29 is 33.3 Å². The Hall–Kier alpha value is -4.72. The Labute approximate surface area is 218 Å². The fourth-order valence-corrected chi connectivity index (χ4v) is 5.26. The number of aromatic nitrogens is 1. The molecule has 0 saturated heterocycles. The van der Waals surface area contributed by atoms with E-state index >= 15 is 0 Å². The van der Waals surface area contributed by atoms with Crippen LogP contribution in [0.5, 0.6) is 28.7 Å². The molecule has 0 saturated carbocycles. The van der Waals surface area contributed by atoms with Gasteiger partial charge in [-0.2, -0.15) is 0 Å². The Bertz CT molecular complexity index is 1660. The highest BCUT2D eigenvalue weighted by molar-refractivity contribution is 6.15. The Kier molecular flexibility index (Phi) is 5.60. The number of Topliss-reactive ketones (excluding diaryl/α,β-unsaturated/α-hetero) is 1. The van der Waals surface area contributed by atoms with Gasteiger partial charge in [0.15, 0.2) is 5.76 Å². The first kappa shape index (κ1) is 23.7. The van der Waals surface area contributed by atoms with E-state index in [0.717, 1.165) is 27.8 Å². The first-order chi connectivity index (χ1) is 18.4. The zero-order valence-electron chi connectivity index (χ0n) is 21.4. The standard InChI is InChI=1S/C30H25NO7/c1-31-15-16(21-12-17(34-2)6-9-23(21)31)11-26-29(33)20-8-10-24-28(30(20)38-26)22(14-27(32)37-24)19-7-5-18(35-3)13-25(19)36-4/h5-13,15,22H,14H2,1-4H3/b26-11-. The summed E-state index contributed by atoms with van der Waals surface area (Å²) in [4.78, 5) is 26.1. The number of fused-ring (bicyclic) bond motifs is 4. The maximum absolute atomic E-state index is 13.5. The number of ketones is 1. The lowest BCUT2D eigenvalue weighted by Crippen LogP contribution is -2.22. The van der Waals surface area contributed by atoms with Gasteiger partial charge in [0, 0.05) is 52.8 Å². The largest absolute Gasteiger partial charge is 0.497 e. The predicted octanol–water partition coefficient (Wildman–Crippen LogP) is 5.26. The molecule has 1 unspecified atom stereocenters. The van der Waals surface area contributed by atoms with Crippen LogP contribution in [0.4, 0.5) is 0 Å². The molecule has 8 heteroatoms.